The maximum atomic E-state index is 10.5. The molecule has 25 heavy (non-hydrogen) atoms. The maximum absolute atomic E-state index is 10.5. The van der Waals surface area contributed by atoms with Gasteiger partial charge in [0.15, 0.2) is 12.4 Å². The van der Waals surface area contributed by atoms with Gasteiger partial charge in [0.1, 0.15) is 6.54 Å². The Balaban J connectivity index is 1.56. The molecule has 130 valence electrons. The molecule has 0 aliphatic carbocycles. The third-order valence-corrected chi connectivity index (χ3v) is 5.45. The molecule has 0 fully saturated rings. The number of anilines is 1. The van der Waals surface area contributed by atoms with Gasteiger partial charge < -0.3 is 10.0 Å². The number of aliphatic carboxylic acids is 1. The molecule has 0 saturated carbocycles. The minimum atomic E-state index is -0.707. The van der Waals surface area contributed by atoms with Crippen LogP contribution in [0.25, 0.3) is 6.08 Å². The average molecular weight is 355 g/mol. The van der Waals surface area contributed by atoms with Crippen molar-refractivity contribution >= 4 is 29.5 Å². The van der Waals surface area contributed by atoms with Gasteiger partial charge >= 0.3 is 5.97 Å². The minimum Gasteiger partial charge on any atom is -0.481 e. The Bertz CT molecular complexity index is 772. The van der Waals surface area contributed by atoms with Crippen molar-refractivity contribution in [3.8, 4) is 0 Å². The number of aryl methyl sites for hydroxylation is 1. The molecule has 1 N–H and O–H groups in total. The fraction of sp³-hybridized carbons (Fsp3) is 0.300. The summed E-state index contributed by atoms with van der Waals surface area (Å²) in [6.07, 6.45) is 9.38. The smallest absolute Gasteiger partial charge is 0.303 e. The number of carboxylic acids is 1. The van der Waals surface area contributed by atoms with Gasteiger partial charge in [0.05, 0.1) is 10.7 Å². The van der Waals surface area contributed by atoms with Gasteiger partial charge in [-0.25, -0.2) is 4.57 Å². The zero-order chi connectivity index (χ0) is 17.6. The zero-order valence-corrected chi connectivity index (χ0v) is 15.2. The van der Waals surface area contributed by atoms with Gasteiger partial charge in [0.25, 0.3) is 0 Å². The van der Waals surface area contributed by atoms with Crippen LogP contribution in [0.5, 0.6) is 0 Å². The van der Waals surface area contributed by atoms with Crippen LogP contribution in [0, 0.1) is 0 Å². The molecule has 0 atom stereocenters. The van der Waals surface area contributed by atoms with Crippen LogP contribution in [0.15, 0.2) is 58.7 Å². The van der Waals surface area contributed by atoms with E-state index in [-0.39, 0.29) is 6.42 Å². The largest absolute Gasteiger partial charge is 0.481 e. The highest BCUT2D eigenvalue weighted by Gasteiger charge is 2.21. The van der Waals surface area contributed by atoms with Crippen LogP contribution in [-0.4, -0.2) is 18.1 Å². The van der Waals surface area contributed by atoms with Gasteiger partial charge in [-0.2, -0.15) is 0 Å². The molecule has 0 saturated heterocycles. The van der Waals surface area contributed by atoms with Crippen molar-refractivity contribution < 1.29 is 14.5 Å². The maximum Gasteiger partial charge on any atom is 0.303 e. The highest BCUT2D eigenvalue weighted by Crippen LogP contribution is 2.45. The number of aromatic nitrogens is 1. The number of rotatable bonds is 7. The Morgan fingerprint density at radius 3 is 2.64 bits per heavy atom. The molecule has 2 aromatic rings. The summed E-state index contributed by atoms with van der Waals surface area (Å²) in [5.74, 6) is -0.707. The van der Waals surface area contributed by atoms with Crippen LogP contribution in [0.2, 0.25) is 0 Å². The van der Waals surface area contributed by atoms with Crippen LogP contribution in [0.1, 0.15) is 31.2 Å². The topological polar surface area (TPSA) is 44.4 Å². The second-order valence-corrected chi connectivity index (χ2v) is 7.25. The van der Waals surface area contributed by atoms with Gasteiger partial charge in [-0.15, -0.1) is 0 Å². The van der Waals surface area contributed by atoms with Crippen LogP contribution < -0.4 is 9.47 Å². The van der Waals surface area contributed by atoms with E-state index in [2.05, 4.69) is 71.4 Å². The van der Waals surface area contributed by atoms with Gasteiger partial charge in [0.2, 0.25) is 0 Å². The Kier molecular flexibility index (Phi) is 5.76. The first-order valence-electron chi connectivity index (χ1n) is 8.57. The highest BCUT2D eigenvalue weighted by atomic mass is 32.2. The van der Waals surface area contributed by atoms with Gasteiger partial charge in [-0.1, -0.05) is 23.9 Å². The summed E-state index contributed by atoms with van der Waals surface area (Å²) in [6, 6.07) is 12.7. The van der Waals surface area contributed by atoms with Crippen LogP contribution in [-0.2, 0) is 11.3 Å². The molecule has 1 aliphatic heterocycles. The summed E-state index contributed by atoms with van der Waals surface area (Å²) in [5, 5.41) is 9.87. The SMILES string of the molecule is CN1/C(=C/c2cc[n+](CCCCCC(=O)O)cc2)Sc2ccccc21. The van der Waals surface area contributed by atoms with Gasteiger partial charge in [-0.05, 0) is 36.6 Å². The molecule has 0 spiro atoms. The Hall–Kier alpha value is -2.27. The van der Waals surface area contributed by atoms with Crippen LogP contribution in [0.4, 0.5) is 5.69 Å². The normalized spacial score (nSPS) is 14.8. The zero-order valence-electron chi connectivity index (χ0n) is 14.4. The van der Waals surface area contributed by atoms with E-state index in [0.29, 0.717) is 0 Å². The number of carboxylic acid groups (broad SMARTS) is 1. The monoisotopic (exact) mass is 355 g/mol. The van der Waals surface area contributed by atoms with Crippen molar-refractivity contribution in [1.82, 2.24) is 0 Å². The van der Waals surface area contributed by atoms with Crippen molar-refractivity contribution in [3.05, 3.63) is 59.4 Å². The lowest BCUT2D eigenvalue weighted by Crippen LogP contribution is -2.32. The number of fused-ring (bicyclic) bond motifs is 1. The number of pyridine rings is 1. The number of carbonyl (C=O) groups is 1. The second-order valence-electron chi connectivity index (χ2n) is 6.19. The first kappa shape index (κ1) is 17.5. The van der Waals surface area contributed by atoms with E-state index >= 15 is 0 Å². The molecule has 0 radical (unpaired) electrons. The molecule has 5 heteroatoms. The fourth-order valence-corrected chi connectivity index (χ4v) is 3.96. The van der Waals surface area contributed by atoms with E-state index < -0.39 is 5.97 Å². The van der Waals surface area contributed by atoms with Gasteiger partial charge in [0, 0.05) is 36.9 Å². The number of hydrogen-bond donors (Lipinski definition) is 1. The van der Waals surface area contributed by atoms with Crippen molar-refractivity contribution in [3.63, 3.8) is 0 Å². The van der Waals surface area contributed by atoms with E-state index in [4.69, 9.17) is 5.11 Å². The summed E-state index contributed by atoms with van der Waals surface area (Å²) in [6.45, 7) is 0.927. The lowest BCUT2D eigenvalue weighted by molar-refractivity contribution is -0.697. The van der Waals surface area contributed by atoms with E-state index in [1.165, 1.54) is 21.2 Å². The molecule has 2 heterocycles. The number of hydrogen-bond acceptors (Lipinski definition) is 3. The van der Waals surface area contributed by atoms with Crippen LogP contribution in [0.3, 0.4) is 0 Å². The average Bonchev–Trinajstić information content (AvgIpc) is 2.92. The molecule has 0 bridgehead atoms. The standard InChI is InChI=1S/C20H22N2O2S/c1-21-17-7-4-5-8-18(17)25-19(21)15-16-10-13-22(14-11-16)12-6-2-3-9-20(23)24/h4-5,7-8,10-11,13-15H,2-3,6,9,12H2,1H3/p+1. The molecular formula is C20H23N2O2S+. The molecule has 4 nitrogen and oxygen atoms in total. The third kappa shape index (κ3) is 4.63. The highest BCUT2D eigenvalue weighted by molar-refractivity contribution is 8.03. The number of para-hydroxylation sites is 1. The molecule has 1 aromatic heterocycles. The Labute approximate surface area is 152 Å². The first-order chi connectivity index (χ1) is 12.1. The molecule has 1 aromatic carbocycles. The van der Waals surface area contributed by atoms with Crippen LogP contribution >= 0.6 is 11.8 Å². The number of thioether (sulfide) groups is 1. The van der Waals surface area contributed by atoms with E-state index in [0.717, 1.165) is 25.8 Å². The summed E-state index contributed by atoms with van der Waals surface area (Å²) in [4.78, 5) is 14.0. The summed E-state index contributed by atoms with van der Waals surface area (Å²) in [7, 11) is 2.10. The molecule has 3 rings (SSSR count). The third-order valence-electron chi connectivity index (χ3n) is 4.29. The van der Waals surface area contributed by atoms with Gasteiger partial charge in [-0.3, -0.25) is 4.79 Å². The van der Waals surface area contributed by atoms with E-state index in [1.807, 2.05) is 0 Å². The predicted molar refractivity (Wildman–Crippen MR) is 101 cm³/mol. The first-order valence-corrected chi connectivity index (χ1v) is 9.38. The lowest BCUT2D eigenvalue weighted by atomic mass is 10.2. The molecule has 0 amide bonds. The second kappa shape index (κ2) is 8.21. The van der Waals surface area contributed by atoms with Crippen molar-refractivity contribution in [2.24, 2.45) is 0 Å². The Morgan fingerprint density at radius 1 is 1.16 bits per heavy atom. The number of nitrogens with zero attached hydrogens (tertiary/aromatic N) is 2. The lowest BCUT2D eigenvalue weighted by Gasteiger charge is -2.13. The van der Waals surface area contributed by atoms with E-state index in [1.54, 1.807) is 11.8 Å². The number of unbranched alkanes of at least 4 members (excludes halogenated alkanes) is 2. The Morgan fingerprint density at radius 2 is 1.92 bits per heavy atom. The molecule has 1 aliphatic rings. The summed E-state index contributed by atoms with van der Waals surface area (Å²) in [5.41, 5.74) is 2.44. The van der Waals surface area contributed by atoms with Crippen molar-refractivity contribution in [1.29, 1.82) is 0 Å². The summed E-state index contributed by atoms with van der Waals surface area (Å²) < 4.78 is 2.16. The quantitative estimate of drug-likeness (QED) is 0.598. The van der Waals surface area contributed by atoms with Crippen molar-refractivity contribution in [2.75, 3.05) is 11.9 Å². The molecule has 0 unspecified atom stereocenters. The fourth-order valence-electron chi connectivity index (χ4n) is 2.85. The predicted octanol–water partition coefficient (Wildman–Crippen LogP) is 4.16. The molecular weight excluding hydrogens is 332 g/mol. The minimum absolute atomic E-state index is 0.269. The van der Waals surface area contributed by atoms with Crippen molar-refractivity contribution in [2.45, 2.75) is 37.1 Å². The summed E-state index contributed by atoms with van der Waals surface area (Å²) >= 11 is 1.80. The number of benzene rings is 1. The van der Waals surface area contributed by atoms with E-state index in [9.17, 15) is 4.79 Å².